The van der Waals surface area contributed by atoms with Crippen molar-refractivity contribution in [2.45, 2.75) is 13.5 Å². The van der Waals surface area contributed by atoms with Gasteiger partial charge in [-0.1, -0.05) is 23.7 Å². The highest BCUT2D eigenvalue weighted by atomic mass is 35.5. The van der Waals surface area contributed by atoms with Crippen LogP contribution in [0, 0.1) is 6.92 Å². The fourth-order valence-corrected chi connectivity index (χ4v) is 2.94. The fraction of sp³-hybridized carbons (Fsp3) is 0.0952. The molecule has 1 aromatic heterocycles. The first-order valence-electron chi connectivity index (χ1n) is 8.10. The van der Waals surface area contributed by atoms with Gasteiger partial charge in [0.05, 0.1) is 11.8 Å². The number of Topliss-reactive ketones (excluding diaryl/α,β-unsaturated/α-hetero) is 1. The molecule has 26 heavy (non-hydrogen) atoms. The number of rotatable bonds is 4. The zero-order chi connectivity index (χ0) is 18.1. The summed E-state index contributed by atoms with van der Waals surface area (Å²) in [5, 5.41) is 0.685. The number of ketones is 1. The van der Waals surface area contributed by atoms with Gasteiger partial charge in [0.1, 0.15) is 23.9 Å². The van der Waals surface area contributed by atoms with E-state index in [-0.39, 0.29) is 11.5 Å². The zero-order valence-electron chi connectivity index (χ0n) is 14.0. The van der Waals surface area contributed by atoms with Crippen molar-refractivity contribution in [2.75, 3.05) is 0 Å². The third kappa shape index (κ3) is 3.24. The molecular weight excluding hydrogens is 352 g/mol. The molecule has 0 aliphatic carbocycles. The van der Waals surface area contributed by atoms with Crippen LogP contribution >= 0.6 is 11.6 Å². The Morgan fingerprint density at radius 1 is 1.15 bits per heavy atom. The highest BCUT2D eigenvalue weighted by Gasteiger charge is 2.30. The number of aryl methyl sites for hydroxylation is 1. The molecule has 130 valence electrons. The van der Waals surface area contributed by atoms with Gasteiger partial charge < -0.3 is 13.9 Å². The van der Waals surface area contributed by atoms with Gasteiger partial charge >= 0.3 is 0 Å². The fourth-order valence-electron chi connectivity index (χ4n) is 2.81. The van der Waals surface area contributed by atoms with Gasteiger partial charge in [0.25, 0.3) is 0 Å². The number of halogens is 1. The third-order valence-corrected chi connectivity index (χ3v) is 4.33. The Bertz CT molecular complexity index is 986. The van der Waals surface area contributed by atoms with E-state index in [9.17, 15) is 4.79 Å². The van der Waals surface area contributed by atoms with Crippen LogP contribution < -0.4 is 9.47 Å². The van der Waals surface area contributed by atoms with Crippen molar-refractivity contribution < 1.29 is 18.7 Å². The lowest BCUT2D eigenvalue weighted by Crippen LogP contribution is -2.00. The largest absolute Gasteiger partial charge is 0.489 e. The molecule has 4 rings (SSSR count). The lowest BCUT2D eigenvalue weighted by molar-refractivity contribution is 0.101. The maximum atomic E-state index is 12.6. The predicted octanol–water partition coefficient (Wildman–Crippen LogP) is 5.44. The molecule has 0 bridgehead atoms. The molecule has 1 aliphatic rings. The Hall–Kier alpha value is -2.98. The van der Waals surface area contributed by atoms with E-state index in [4.69, 9.17) is 25.5 Å². The van der Waals surface area contributed by atoms with Gasteiger partial charge in [0, 0.05) is 17.2 Å². The number of hydrogen-bond donors (Lipinski definition) is 0. The lowest BCUT2D eigenvalue weighted by atomic mass is 10.0. The zero-order valence-corrected chi connectivity index (χ0v) is 14.7. The summed E-state index contributed by atoms with van der Waals surface area (Å²) in [6.07, 6.45) is 3.14. The molecule has 0 saturated carbocycles. The van der Waals surface area contributed by atoms with E-state index >= 15 is 0 Å². The van der Waals surface area contributed by atoms with E-state index < -0.39 is 0 Å². The molecule has 5 heteroatoms. The maximum absolute atomic E-state index is 12.6. The van der Waals surface area contributed by atoms with E-state index in [1.54, 1.807) is 30.5 Å². The second-order valence-electron chi connectivity index (χ2n) is 5.98. The molecule has 0 radical (unpaired) electrons. The van der Waals surface area contributed by atoms with E-state index in [1.165, 1.54) is 0 Å². The first-order chi connectivity index (χ1) is 12.6. The molecule has 3 aromatic rings. The van der Waals surface area contributed by atoms with Crippen molar-refractivity contribution in [3.63, 3.8) is 0 Å². The number of carbonyl (C=O) groups excluding carboxylic acids is 1. The van der Waals surface area contributed by atoms with Crippen LogP contribution in [0.5, 0.6) is 11.5 Å². The van der Waals surface area contributed by atoms with Gasteiger partial charge in [-0.25, -0.2) is 0 Å². The number of carbonyl (C=O) groups is 1. The summed E-state index contributed by atoms with van der Waals surface area (Å²) >= 11 is 5.89. The molecule has 0 fully saturated rings. The number of benzene rings is 2. The predicted molar refractivity (Wildman–Crippen MR) is 98.6 cm³/mol. The number of furan rings is 1. The molecule has 1 aliphatic heterocycles. The number of fused-ring (bicyclic) bond motifs is 1. The summed E-state index contributed by atoms with van der Waals surface area (Å²) < 4.78 is 16.8. The second kappa shape index (κ2) is 6.73. The average Bonchev–Trinajstić information content (AvgIpc) is 3.23. The van der Waals surface area contributed by atoms with Crippen LogP contribution in [0.3, 0.4) is 0 Å². The Labute approximate surface area is 155 Å². The molecule has 0 amide bonds. The number of ether oxygens (including phenoxy) is 2. The van der Waals surface area contributed by atoms with Crippen LogP contribution in [0.1, 0.15) is 27.2 Å². The van der Waals surface area contributed by atoms with Crippen molar-refractivity contribution in [2.24, 2.45) is 0 Å². The highest BCUT2D eigenvalue weighted by Crippen LogP contribution is 2.37. The van der Waals surface area contributed by atoms with Crippen LogP contribution in [0.15, 0.2) is 65.0 Å². The van der Waals surface area contributed by atoms with Gasteiger partial charge in [0.2, 0.25) is 5.78 Å². The van der Waals surface area contributed by atoms with Gasteiger partial charge in [-0.2, -0.15) is 0 Å². The van der Waals surface area contributed by atoms with Crippen molar-refractivity contribution in [3.05, 3.63) is 88.0 Å². The average molecular weight is 367 g/mol. The van der Waals surface area contributed by atoms with Gasteiger partial charge in [-0.05, 0) is 48.4 Å². The molecule has 0 unspecified atom stereocenters. The molecular formula is C21H15ClO4. The summed E-state index contributed by atoms with van der Waals surface area (Å²) in [6, 6.07) is 14.6. The first-order valence-corrected chi connectivity index (χ1v) is 8.47. The van der Waals surface area contributed by atoms with Gasteiger partial charge in [-0.15, -0.1) is 0 Å². The van der Waals surface area contributed by atoms with E-state index in [0.29, 0.717) is 34.5 Å². The molecule has 0 saturated heterocycles. The SMILES string of the molecule is Cc1cc(OCc2ccc(Cl)cc2)cc2c1C(=O)/C(=C/c1ccco1)O2. The van der Waals surface area contributed by atoms with E-state index in [1.807, 2.05) is 37.3 Å². The quantitative estimate of drug-likeness (QED) is 0.577. The van der Waals surface area contributed by atoms with Crippen LogP contribution in [0.2, 0.25) is 5.02 Å². The minimum absolute atomic E-state index is 0.154. The molecule has 4 nitrogen and oxygen atoms in total. The summed E-state index contributed by atoms with van der Waals surface area (Å²) in [6.45, 7) is 2.27. The molecule has 0 atom stereocenters. The van der Waals surface area contributed by atoms with Crippen LogP contribution in [-0.2, 0) is 6.61 Å². The number of hydrogen-bond acceptors (Lipinski definition) is 4. The first kappa shape index (κ1) is 16.5. The van der Waals surface area contributed by atoms with Gasteiger partial charge in [0.15, 0.2) is 5.76 Å². The second-order valence-corrected chi connectivity index (χ2v) is 6.42. The van der Waals surface area contributed by atoms with E-state index in [2.05, 4.69) is 0 Å². The Kier molecular flexibility index (Phi) is 4.27. The van der Waals surface area contributed by atoms with Crippen molar-refractivity contribution in [3.8, 4) is 11.5 Å². The summed E-state index contributed by atoms with van der Waals surface area (Å²) in [5.74, 6) is 1.80. The summed E-state index contributed by atoms with van der Waals surface area (Å²) in [5.41, 5.74) is 2.37. The van der Waals surface area contributed by atoms with Crippen molar-refractivity contribution in [1.82, 2.24) is 0 Å². The Morgan fingerprint density at radius 2 is 1.96 bits per heavy atom. The Balaban J connectivity index is 1.56. The Morgan fingerprint density at radius 3 is 2.69 bits per heavy atom. The molecule has 0 spiro atoms. The lowest BCUT2D eigenvalue weighted by Gasteiger charge is -2.09. The molecule has 0 N–H and O–H groups in total. The minimum atomic E-state index is -0.154. The third-order valence-electron chi connectivity index (χ3n) is 4.08. The molecule has 2 aromatic carbocycles. The van der Waals surface area contributed by atoms with Crippen LogP contribution in [-0.4, -0.2) is 5.78 Å². The number of allylic oxidation sites excluding steroid dienone is 1. The standard InChI is InChI=1S/C21H15ClO4/c1-13-9-17(25-12-14-4-6-15(22)7-5-14)11-18-20(13)21(23)19(26-18)10-16-3-2-8-24-16/h2-11H,12H2,1H3/b19-10-. The minimum Gasteiger partial charge on any atom is -0.489 e. The summed E-state index contributed by atoms with van der Waals surface area (Å²) in [7, 11) is 0. The van der Waals surface area contributed by atoms with E-state index in [0.717, 1.165) is 11.1 Å². The topological polar surface area (TPSA) is 48.7 Å². The van der Waals surface area contributed by atoms with Crippen LogP contribution in [0.4, 0.5) is 0 Å². The summed E-state index contributed by atoms with van der Waals surface area (Å²) in [4.78, 5) is 12.6. The molecule has 2 heterocycles. The van der Waals surface area contributed by atoms with Gasteiger partial charge in [-0.3, -0.25) is 4.79 Å². The smallest absolute Gasteiger partial charge is 0.232 e. The van der Waals surface area contributed by atoms with Crippen molar-refractivity contribution >= 4 is 23.5 Å². The van der Waals surface area contributed by atoms with Crippen LogP contribution in [0.25, 0.3) is 6.08 Å². The highest BCUT2D eigenvalue weighted by molar-refractivity contribution is 6.30. The normalized spacial score (nSPS) is 14.4. The maximum Gasteiger partial charge on any atom is 0.232 e. The van der Waals surface area contributed by atoms with Crippen molar-refractivity contribution in [1.29, 1.82) is 0 Å². The monoisotopic (exact) mass is 366 g/mol.